The topological polar surface area (TPSA) is 26.0 Å². The first-order valence-corrected chi connectivity index (χ1v) is 6.59. The molecule has 0 aromatic heterocycles. The third-order valence-corrected chi connectivity index (χ3v) is 3.90. The van der Waals surface area contributed by atoms with Gasteiger partial charge in [0.2, 0.25) is 0 Å². The monoisotopic (exact) mass is 279 g/mol. The maximum Gasteiger partial charge on any atom is 0.0483 e. The lowest BCUT2D eigenvalue weighted by Crippen LogP contribution is -2.14. The van der Waals surface area contributed by atoms with Crippen LogP contribution in [0.3, 0.4) is 0 Å². The average molecular weight is 280 g/mol. The first-order chi connectivity index (χ1) is 8.59. The molecule has 0 aliphatic rings. The summed E-state index contributed by atoms with van der Waals surface area (Å²) < 4.78 is 0. The van der Waals surface area contributed by atoms with E-state index in [-0.39, 0.29) is 6.04 Å². The predicted octanol–water partition coefficient (Wildman–Crippen LogP) is 4.54. The molecule has 0 amide bonds. The number of hydrogen-bond donors (Lipinski definition) is 1. The van der Waals surface area contributed by atoms with Gasteiger partial charge in [-0.1, -0.05) is 59.6 Å². The normalized spacial score (nSPS) is 12.4. The van der Waals surface area contributed by atoms with Crippen molar-refractivity contribution in [3.05, 3.63) is 69.2 Å². The van der Waals surface area contributed by atoms with Gasteiger partial charge in [-0.2, -0.15) is 0 Å². The van der Waals surface area contributed by atoms with Crippen LogP contribution in [0.5, 0.6) is 0 Å². The molecule has 2 aromatic rings. The SMILES string of the molecule is Cc1cccc(C(N)Cc2ccccc2Cl)c1Cl. The molecule has 0 heterocycles. The molecule has 0 saturated heterocycles. The fraction of sp³-hybridized carbons (Fsp3) is 0.200. The van der Waals surface area contributed by atoms with Gasteiger partial charge in [-0.05, 0) is 36.1 Å². The van der Waals surface area contributed by atoms with Crippen molar-refractivity contribution in [3.8, 4) is 0 Å². The minimum Gasteiger partial charge on any atom is -0.324 e. The number of aryl methyl sites for hydroxylation is 1. The first-order valence-electron chi connectivity index (χ1n) is 5.83. The molecule has 2 N–H and O–H groups in total. The van der Waals surface area contributed by atoms with Crippen molar-refractivity contribution in [2.24, 2.45) is 5.73 Å². The van der Waals surface area contributed by atoms with Gasteiger partial charge in [0, 0.05) is 16.1 Å². The summed E-state index contributed by atoms with van der Waals surface area (Å²) in [5.41, 5.74) is 9.28. The lowest BCUT2D eigenvalue weighted by atomic mass is 9.98. The summed E-state index contributed by atoms with van der Waals surface area (Å²) >= 11 is 12.4. The van der Waals surface area contributed by atoms with Crippen LogP contribution < -0.4 is 5.73 Å². The molecule has 94 valence electrons. The van der Waals surface area contributed by atoms with Crippen molar-refractivity contribution < 1.29 is 0 Å². The van der Waals surface area contributed by atoms with Crippen LogP contribution in [0.15, 0.2) is 42.5 Å². The van der Waals surface area contributed by atoms with Gasteiger partial charge in [-0.15, -0.1) is 0 Å². The van der Waals surface area contributed by atoms with Crippen LogP contribution in [0.1, 0.15) is 22.7 Å². The van der Waals surface area contributed by atoms with E-state index >= 15 is 0 Å². The molecule has 1 atom stereocenters. The van der Waals surface area contributed by atoms with E-state index in [2.05, 4.69) is 0 Å². The van der Waals surface area contributed by atoms with E-state index in [4.69, 9.17) is 28.9 Å². The molecule has 1 unspecified atom stereocenters. The minimum atomic E-state index is -0.141. The highest BCUT2D eigenvalue weighted by molar-refractivity contribution is 6.32. The minimum absolute atomic E-state index is 0.141. The lowest BCUT2D eigenvalue weighted by molar-refractivity contribution is 0.721. The second kappa shape index (κ2) is 5.75. The Hall–Kier alpha value is -1.02. The summed E-state index contributed by atoms with van der Waals surface area (Å²) in [7, 11) is 0. The second-order valence-electron chi connectivity index (χ2n) is 4.38. The lowest BCUT2D eigenvalue weighted by Gasteiger charge is -2.15. The molecule has 0 bridgehead atoms. The van der Waals surface area contributed by atoms with Gasteiger partial charge in [0.25, 0.3) is 0 Å². The van der Waals surface area contributed by atoms with E-state index in [0.717, 1.165) is 26.7 Å². The zero-order valence-corrected chi connectivity index (χ0v) is 11.7. The fourth-order valence-electron chi connectivity index (χ4n) is 1.97. The maximum atomic E-state index is 6.28. The Balaban J connectivity index is 2.25. The molecular weight excluding hydrogens is 265 g/mol. The van der Waals surface area contributed by atoms with E-state index < -0.39 is 0 Å². The molecule has 2 rings (SSSR count). The highest BCUT2D eigenvalue weighted by Gasteiger charge is 2.13. The van der Waals surface area contributed by atoms with Gasteiger partial charge in [-0.25, -0.2) is 0 Å². The van der Waals surface area contributed by atoms with Gasteiger partial charge in [-0.3, -0.25) is 0 Å². The van der Waals surface area contributed by atoms with Crippen LogP contribution in [0.2, 0.25) is 10.0 Å². The van der Waals surface area contributed by atoms with Crippen LogP contribution in [0.25, 0.3) is 0 Å². The molecule has 2 aromatic carbocycles. The summed E-state index contributed by atoms with van der Waals surface area (Å²) in [6.07, 6.45) is 0.683. The maximum absolute atomic E-state index is 6.28. The van der Waals surface area contributed by atoms with Gasteiger partial charge >= 0.3 is 0 Å². The molecule has 0 saturated carbocycles. The summed E-state index contributed by atoms with van der Waals surface area (Å²) in [5, 5.41) is 1.49. The summed E-state index contributed by atoms with van der Waals surface area (Å²) in [4.78, 5) is 0. The van der Waals surface area contributed by atoms with Gasteiger partial charge in [0.1, 0.15) is 0 Å². The van der Waals surface area contributed by atoms with E-state index in [1.54, 1.807) is 0 Å². The van der Waals surface area contributed by atoms with Crippen molar-refractivity contribution in [3.63, 3.8) is 0 Å². The summed E-state index contributed by atoms with van der Waals surface area (Å²) in [5.74, 6) is 0. The first kappa shape index (κ1) is 13.4. The molecule has 1 nitrogen and oxygen atoms in total. The van der Waals surface area contributed by atoms with Crippen LogP contribution in [-0.2, 0) is 6.42 Å². The van der Waals surface area contributed by atoms with Crippen molar-refractivity contribution in [2.75, 3.05) is 0 Å². The molecule has 0 aliphatic carbocycles. The Morgan fingerprint density at radius 1 is 1.06 bits per heavy atom. The van der Waals surface area contributed by atoms with Gasteiger partial charge in [0.15, 0.2) is 0 Å². The highest BCUT2D eigenvalue weighted by Crippen LogP contribution is 2.28. The Morgan fingerprint density at radius 2 is 1.78 bits per heavy atom. The quantitative estimate of drug-likeness (QED) is 0.877. The molecule has 3 heteroatoms. The summed E-state index contributed by atoms with van der Waals surface area (Å²) in [6.45, 7) is 1.98. The van der Waals surface area contributed by atoms with Crippen LogP contribution >= 0.6 is 23.2 Å². The average Bonchev–Trinajstić information content (AvgIpc) is 2.35. The highest BCUT2D eigenvalue weighted by atomic mass is 35.5. The third kappa shape index (κ3) is 2.86. The van der Waals surface area contributed by atoms with E-state index in [1.807, 2.05) is 49.4 Å². The van der Waals surface area contributed by atoms with Crippen LogP contribution in [0.4, 0.5) is 0 Å². The smallest absolute Gasteiger partial charge is 0.0483 e. The standard InChI is InChI=1S/C15H15Cl2N/c1-10-5-4-7-12(15(10)17)14(18)9-11-6-2-3-8-13(11)16/h2-8,14H,9,18H2,1H3. The van der Waals surface area contributed by atoms with Crippen LogP contribution in [-0.4, -0.2) is 0 Å². The number of nitrogens with two attached hydrogens (primary N) is 1. The fourth-order valence-corrected chi connectivity index (χ4v) is 2.45. The molecule has 0 spiro atoms. The Bertz CT molecular complexity index is 552. The van der Waals surface area contributed by atoms with E-state index in [0.29, 0.717) is 6.42 Å². The van der Waals surface area contributed by atoms with Gasteiger partial charge in [0.05, 0.1) is 0 Å². The number of halogens is 2. The predicted molar refractivity (Wildman–Crippen MR) is 78.3 cm³/mol. The Kier molecular flexibility index (Phi) is 4.28. The van der Waals surface area contributed by atoms with Crippen molar-refractivity contribution in [1.82, 2.24) is 0 Å². The van der Waals surface area contributed by atoms with Crippen molar-refractivity contribution in [2.45, 2.75) is 19.4 Å². The Labute approximate surface area is 118 Å². The van der Waals surface area contributed by atoms with E-state index in [1.165, 1.54) is 0 Å². The summed E-state index contributed by atoms with van der Waals surface area (Å²) in [6, 6.07) is 13.5. The molecule has 18 heavy (non-hydrogen) atoms. The second-order valence-corrected chi connectivity index (χ2v) is 5.17. The van der Waals surface area contributed by atoms with Crippen molar-refractivity contribution in [1.29, 1.82) is 0 Å². The largest absolute Gasteiger partial charge is 0.324 e. The van der Waals surface area contributed by atoms with E-state index in [9.17, 15) is 0 Å². The van der Waals surface area contributed by atoms with Crippen molar-refractivity contribution >= 4 is 23.2 Å². The molecule has 0 fully saturated rings. The zero-order chi connectivity index (χ0) is 13.1. The molecular formula is C15H15Cl2N. The van der Waals surface area contributed by atoms with Gasteiger partial charge < -0.3 is 5.73 Å². The third-order valence-electron chi connectivity index (χ3n) is 3.02. The number of benzene rings is 2. The zero-order valence-electron chi connectivity index (χ0n) is 10.2. The number of rotatable bonds is 3. The Morgan fingerprint density at radius 3 is 2.50 bits per heavy atom. The van der Waals surface area contributed by atoms with Crippen LogP contribution in [0, 0.1) is 6.92 Å². The molecule has 0 radical (unpaired) electrons. The molecule has 0 aliphatic heterocycles. The number of hydrogen-bond acceptors (Lipinski definition) is 1.